The molecule has 5 rings (SSSR count). The first kappa shape index (κ1) is 16.6. The molecule has 0 unspecified atom stereocenters. The molecule has 0 amide bonds. The van der Waals surface area contributed by atoms with Crippen molar-refractivity contribution in [2.75, 3.05) is 0 Å². The third-order valence-electron chi connectivity index (χ3n) is 5.15. The Morgan fingerprint density at radius 2 is 1.32 bits per heavy atom. The second-order valence-electron chi connectivity index (χ2n) is 7.31. The fourth-order valence-corrected chi connectivity index (χ4v) is 3.55. The smallest absolute Gasteiger partial charge is 0.155 e. The van der Waals surface area contributed by atoms with Gasteiger partial charge in [-0.1, -0.05) is 77.9 Å². The predicted octanol–water partition coefficient (Wildman–Crippen LogP) is 6.51. The molecular formula is C25H21N3. The molecule has 0 aliphatic carbocycles. The zero-order valence-electron chi connectivity index (χ0n) is 16.0. The van der Waals surface area contributed by atoms with Gasteiger partial charge in [0.05, 0.1) is 17.1 Å². The van der Waals surface area contributed by atoms with E-state index in [4.69, 9.17) is 4.98 Å². The van der Waals surface area contributed by atoms with Gasteiger partial charge in [0.2, 0.25) is 0 Å². The lowest BCUT2D eigenvalue weighted by atomic mass is 10.0. The molecule has 3 aromatic carbocycles. The highest BCUT2D eigenvalue weighted by Crippen LogP contribution is 2.33. The lowest BCUT2D eigenvalue weighted by Gasteiger charge is -2.04. The summed E-state index contributed by atoms with van der Waals surface area (Å²) in [6.45, 7) is 4.21. The maximum Gasteiger partial charge on any atom is 0.155 e. The Hall–Kier alpha value is -3.59. The van der Waals surface area contributed by atoms with Crippen LogP contribution < -0.4 is 0 Å². The van der Waals surface area contributed by atoms with Crippen molar-refractivity contribution < 1.29 is 0 Å². The van der Waals surface area contributed by atoms with Crippen LogP contribution >= 0.6 is 0 Å². The largest absolute Gasteiger partial charge is 0.352 e. The minimum absolute atomic E-state index is 0.849. The molecule has 136 valence electrons. The van der Waals surface area contributed by atoms with Crippen LogP contribution in [0, 0.1) is 13.8 Å². The Kier molecular flexibility index (Phi) is 3.87. The molecule has 2 heterocycles. The van der Waals surface area contributed by atoms with Crippen LogP contribution in [-0.4, -0.2) is 15.0 Å². The topological polar surface area (TPSA) is 44.5 Å². The maximum atomic E-state index is 4.99. The van der Waals surface area contributed by atoms with Gasteiger partial charge in [-0.15, -0.1) is 0 Å². The molecule has 28 heavy (non-hydrogen) atoms. The van der Waals surface area contributed by atoms with Crippen molar-refractivity contribution in [3.05, 3.63) is 90.0 Å². The number of imidazole rings is 1. The molecule has 0 bridgehead atoms. The first-order valence-electron chi connectivity index (χ1n) is 9.49. The number of benzene rings is 3. The van der Waals surface area contributed by atoms with Gasteiger partial charge < -0.3 is 9.97 Å². The Morgan fingerprint density at radius 1 is 0.679 bits per heavy atom. The number of aromatic amines is 2. The molecule has 0 spiro atoms. The van der Waals surface area contributed by atoms with Gasteiger partial charge in [0, 0.05) is 22.0 Å². The van der Waals surface area contributed by atoms with E-state index in [1.807, 2.05) is 6.07 Å². The average Bonchev–Trinajstić information content (AvgIpc) is 3.33. The lowest BCUT2D eigenvalue weighted by molar-refractivity contribution is 1.27. The molecule has 3 heteroatoms. The molecule has 0 radical (unpaired) electrons. The standard InChI is InChI=1S/C25H21N3/c1-16-7-11-18(12-8-16)23-24(19-13-9-17(2)10-14-19)28-25(27-23)22-15-20-5-3-4-6-21(20)26-22/h3-15,26H,1-2H3,(H,27,28). The van der Waals surface area contributed by atoms with Crippen LogP contribution in [0.1, 0.15) is 11.1 Å². The van der Waals surface area contributed by atoms with Gasteiger partial charge in [0.25, 0.3) is 0 Å². The van der Waals surface area contributed by atoms with E-state index in [9.17, 15) is 0 Å². The van der Waals surface area contributed by atoms with Gasteiger partial charge in [-0.3, -0.25) is 0 Å². The summed E-state index contributed by atoms with van der Waals surface area (Å²) in [5.41, 5.74) is 8.85. The molecule has 0 aliphatic rings. The van der Waals surface area contributed by atoms with E-state index in [-0.39, 0.29) is 0 Å². The normalized spacial score (nSPS) is 11.2. The summed E-state index contributed by atoms with van der Waals surface area (Å²) in [6, 6.07) is 27.5. The number of rotatable bonds is 3. The van der Waals surface area contributed by atoms with E-state index in [2.05, 4.69) is 96.6 Å². The van der Waals surface area contributed by atoms with Gasteiger partial charge in [0.15, 0.2) is 5.82 Å². The number of fused-ring (bicyclic) bond motifs is 1. The summed E-state index contributed by atoms with van der Waals surface area (Å²) in [6.07, 6.45) is 0. The zero-order chi connectivity index (χ0) is 19.1. The molecule has 0 aliphatic heterocycles. The molecular weight excluding hydrogens is 342 g/mol. The van der Waals surface area contributed by atoms with Crippen molar-refractivity contribution >= 4 is 10.9 Å². The van der Waals surface area contributed by atoms with Crippen LogP contribution in [0.3, 0.4) is 0 Å². The van der Waals surface area contributed by atoms with Crippen LogP contribution in [0.25, 0.3) is 44.9 Å². The van der Waals surface area contributed by atoms with Crippen molar-refractivity contribution in [2.45, 2.75) is 13.8 Å². The predicted molar refractivity (Wildman–Crippen MR) is 116 cm³/mol. The fourth-order valence-electron chi connectivity index (χ4n) is 3.55. The quantitative estimate of drug-likeness (QED) is 0.377. The van der Waals surface area contributed by atoms with E-state index in [1.165, 1.54) is 16.5 Å². The minimum atomic E-state index is 0.849. The van der Waals surface area contributed by atoms with Crippen molar-refractivity contribution in [1.29, 1.82) is 0 Å². The second-order valence-corrected chi connectivity index (χ2v) is 7.31. The van der Waals surface area contributed by atoms with Gasteiger partial charge in [-0.2, -0.15) is 0 Å². The van der Waals surface area contributed by atoms with Gasteiger partial charge in [-0.05, 0) is 26.0 Å². The van der Waals surface area contributed by atoms with E-state index in [0.29, 0.717) is 0 Å². The monoisotopic (exact) mass is 363 g/mol. The Labute approximate surface area is 164 Å². The molecule has 5 aromatic rings. The molecule has 2 N–H and O–H groups in total. The highest BCUT2D eigenvalue weighted by atomic mass is 15.0. The van der Waals surface area contributed by atoms with E-state index >= 15 is 0 Å². The second kappa shape index (κ2) is 6.54. The third-order valence-corrected chi connectivity index (χ3v) is 5.15. The summed E-state index contributed by atoms with van der Waals surface area (Å²) in [5.74, 6) is 0.849. The summed E-state index contributed by atoms with van der Waals surface area (Å²) in [5, 5.41) is 1.18. The van der Waals surface area contributed by atoms with E-state index in [1.54, 1.807) is 0 Å². The molecule has 0 fully saturated rings. The van der Waals surface area contributed by atoms with E-state index < -0.39 is 0 Å². The minimum Gasteiger partial charge on any atom is -0.352 e. The first-order chi connectivity index (χ1) is 13.7. The lowest BCUT2D eigenvalue weighted by Crippen LogP contribution is -1.84. The Morgan fingerprint density at radius 3 is 2.00 bits per heavy atom. The van der Waals surface area contributed by atoms with Crippen molar-refractivity contribution in [3.63, 3.8) is 0 Å². The maximum absolute atomic E-state index is 4.99. The summed E-state index contributed by atoms with van der Waals surface area (Å²) in [4.78, 5) is 12.0. The average molecular weight is 363 g/mol. The molecule has 2 aromatic heterocycles. The Balaban J connectivity index is 1.69. The number of para-hydroxylation sites is 1. The van der Waals surface area contributed by atoms with Crippen LogP contribution in [0.2, 0.25) is 0 Å². The molecule has 0 saturated carbocycles. The van der Waals surface area contributed by atoms with Crippen molar-refractivity contribution in [3.8, 4) is 34.0 Å². The number of H-pyrrole nitrogens is 2. The number of hydrogen-bond donors (Lipinski definition) is 2. The molecule has 3 nitrogen and oxygen atoms in total. The third kappa shape index (κ3) is 2.91. The van der Waals surface area contributed by atoms with Crippen molar-refractivity contribution in [1.82, 2.24) is 15.0 Å². The molecule has 0 saturated heterocycles. The SMILES string of the molecule is Cc1ccc(-c2nc(-c3cc4ccccc4[nH]3)[nH]c2-c2ccc(C)cc2)cc1. The zero-order valence-corrected chi connectivity index (χ0v) is 16.0. The number of nitrogens with one attached hydrogen (secondary N) is 2. The molecule has 0 atom stereocenters. The Bertz CT molecular complexity index is 1160. The van der Waals surface area contributed by atoms with Crippen molar-refractivity contribution in [2.24, 2.45) is 0 Å². The summed E-state index contributed by atoms with van der Waals surface area (Å²) >= 11 is 0. The van der Waals surface area contributed by atoms with Crippen LogP contribution in [0.4, 0.5) is 0 Å². The van der Waals surface area contributed by atoms with Gasteiger partial charge >= 0.3 is 0 Å². The van der Waals surface area contributed by atoms with Crippen LogP contribution in [-0.2, 0) is 0 Å². The highest BCUT2D eigenvalue weighted by Gasteiger charge is 2.16. The van der Waals surface area contributed by atoms with Gasteiger partial charge in [0.1, 0.15) is 0 Å². The summed E-state index contributed by atoms with van der Waals surface area (Å²) in [7, 11) is 0. The van der Waals surface area contributed by atoms with Crippen LogP contribution in [0.15, 0.2) is 78.9 Å². The number of aryl methyl sites for hydroxylation is 2. The highest BCUT2D eigenvalue weighted by molar-refractivity contribution is 5.86. The number of hydrogen-bond acceptors (Lipinski definition) is 1. The fraction of sp³-hybridized carbons (Fsp3) is 0.0800. The van der Waals surface area contributed by atoms with Crippen LogP contribution in [0.5, 0.6) is 0 Å². The van der Waals surface area contributed by atoms with E-state index in [0.717, 1.165) is 39.5 Å². The van der Waals surface area contributed by atoms with Gasteiger partial charge in [-0.25, -0.2) is 4.98 Å². The first-order valence-corrected chi connectivity index (χ1v) is 9.49. The number of nitrogens with zero attached hydrogens (tertiary/aromatic N) is 1. The number of aromatic nitrogens is 3. The summed E-state index contributed by atoms with van der Waals surface area (Å²) < 4.78 is 0.